The molecule has 1 saturated heterocycles. The summed E-state index contributed by atoms with van der Waals surface area (Å²) in [5, 5.41) is 0. The summed E-state index contributed by atoms with van der Waals surface area (Å²) >= 11 is 0. The summed E-state index contributed by atoms with van der Waals surface area (Å²) in [6, 6.07) is 0. The van der Waals surface area contributed by atoms with E-state index in [-0.39, 0.29) is 6.61 Å². The molecule has 0 aromatic heterocycles. The number of hydrogen-bond acceptors (Lipinski definition) is 10. The first-order chi connectivity index (χ1) is 12.4. The monoisotopic (exact) mass is 412 g/mol. The molecule has 0 aromatic carbocycles. The van der Waals surface area contributed by atoms with Crippen LogP contribution in [0.15, 0.2) is 0 Å². The maximum Gasteiger partial charge on any atom is 0.303 e. The predicted molar refractivity (Wildman–Crippen MR) is 88.0 cm³/mol. The molecule has 1 rings (SSSR count). The second kappa shape index (κ2) is 9.97. The van der Waals surface area contributed by atoms with Crippen LogP contribution in [0.2, 0.25) is 0 Å². The zero-order valence-electron chi connectivity index (χ0n) is 15.4. The SMILES string of the molecule is CCCO[C@H]1O[C@@H](CS(=O)(=O)O)[C@@H](OC(C)=O)[C@@H](OC(C)=O)[C@H]1OC(C)=O. The van der Waals surface area contributed by atoms with Crippen molar-refractivity contribution >= 4 is 28.0 Å². The molecule has 27 heavy (non-hydrogen) atoms. The molecule has 1 heterocycles. The molecule has 0 amide bonds. The van der Waals surface area contributed by atoms with E-state index in [0.717, 1.165) is 20.8 Å². The van der Waals surface area contributed by atoms with Crippen molar-refractivity contribution in [3.05, 3.63) is 0 Å². The van der Waals surface area contributed by atoms with Crippen molar-refractivity contribution in [1.29, 1.82) is 0 Å². The quantitative estimate of drug-likeness (QED) is 0.321. The molecular formula is C15H24O11S. The first kappa shape index (κ1) is 23.3. The average molecular weight is 412 g/mol. The van der Waals surface area contributed by atoms with E-state index >= 15 is 0 Å². The Hall–Kier alpha value is -1.76. The van der Waals surface area contributed by atoms with E-state index in [9.17, 15) is 27.4 Å². The summed E-state index contributed by atoms with van der Waals surface area (Å²) in [5.74, 6) is -3.33. The summed E-state index contributed by atoms with van der Waals surface area (Å²) < 4.78 is 58.1. The molecule has 12 heteroatoms. The van der Waals surface area contributed by atoms with E-state index in [0.29, 0.717) is 6.42 Å². The van der Waals surface area contributed by atoms with Crippen LogP contribution in [0.1, 0.15) is 34.1 Å². The van der Waals surface area contributed by atoms with E-state index in [4.69, 9.17) is 23.7 Å². The van der Waals surface area contributed by atoms with Crippen LogP contribution in [0.4, 0.5) is 0 Å². The molecule has 0 saturated carbocycles. The molecule has 1 N–H and O–H groups in total. The van der Waals surface area contributed by atoms with Crippen LogP contribution in [-0.2, 0) is 48.2 Å². The van der Waals surface area contributed by atoms with Gasteiger partial charge in [0.25, 0.3) is 10.1 Å². The summed E-state index contributed by atoms with van der Waals surface area (Å²) in [6.07, 6.45) is -6.36. The third-order valence-corrected chi connectivity index (χ3v) is 4.11. The fourth-order valence-electron chi connectivity index (χ4n) is 2.56. The number of carbonyl (C=O) groups is 3. The highest BCUT2D eigenvalue weighted by molar-refractivity contribution is 7.85. The highest BCUT2D eigenvalue weighted by Crippen LogP contribution is 2.30. The number of rotatable bonds is 8. The predicted octanol–water partition coefficient (Wildman–Crippen LogP) is -0.179. The lowest BCUT2D eigenvalue weighted by atomic mass is 9.98. The van der Waals surface area contributed by atoms with Gasteiger partial charge in [-0.05, 0) is 6.42 Å². The minimum absolute atomic E-state index is 0.159. The molecule has 0 aromatic rings. The first-order valence-electron chi connectivity index (χ1n) is 8.18. The average Bonchev–Trinajstić information content (AvgIpc) is 2.48. The van der Waals surface area contributed by atoms with Gasteiger partial charge in [-0.15, -0.1) is 0 Å². The molecule has 1 aliphatic rings. The van der Waals surface area contributed by atoms with Crippen LogP contribution in [-0.4, -0.2) is 73.9 Å². The topological polar surface area (TPSA) is 152 Å². The zero-order valence-corrected chi connectivity index (χ0v) is 16.3. The van der Waals surface area contributed by atoms with Gasteiger partial charge in [0.2, 0.25) is 0 Å². The van der Waals surface area contributed by atoms with Gasteiger partial charge < -0.3 is 23.7 Å². The maximum atomic E-state index is 11.5. The van der Waals surface area contributed by atoms with Gasteiger partial charge in [0.1, 0.15) is 11.9 Å². The Morgan fingerprint density at radius 3 is 1.85 bits per heavy atom. The molecule has 0 unspecified atom stereocenters. The van der Waals surface area contributed by atoms with Crippen LogP contribution in [0.25, 0.3) is 0 Å². The number of carbonyl (C=O) groups excluding carboxylic acids is 3. The van der Waals surface area contributed by atoms with Gasteiger partial charge in [0.15, 0.2) is 24.6 Å². The van der Waals surface area contributed by atoms with E-state index in [2.05, 4.69) is 0 Å². The highest BCUT2D eigenvalue weighted by atomic mass is 32.2. The lowest BCUT2D eigenvalue weighted by Crippen LogP contribution is -2.63. The summed E-state index contributed by atoms with van der Waals surface area (Å²) in [6.45, 7) is 5.18. The minimum Gasteiger partial charge on any atom is -0.456 e. The van der Waals surface area contributed by atoms with E-state index in [1.54, 1.807) is 6.92 Å². The third-order valence-electron chi connectivity index (χ3n) is 3.36. The number of hydrogen-bond donors (Lipinski definition) is 1. The van der Waals surface area contributed by atoms with Gasteiger partial charge in [-0.1, -0.05) is 6.92 Å². The van der Waals surface area contributed by atoms with Crippen molar-refractivity contribution in [1.82, 2.24) is 0 Å². The highest BCUT2D eigenvalue weighted by Gasteiger charge is 2.53. The minimum atomic E-state index is -4.55. The summed E-state index contributed by atoms with van der Waals surface area (Å²) in [5.41, 5.74) is 0. The van der Waals surface area contributed by atoms with Crippen LogP contribution in [0.5, 0.6) is 0 Å². The molecule has 0 spiro atoms. The van der Waals surface area contributed by atoms with Crippen LogP contribution >= 0.6 is 0 Å². The van der Waals surface area contributed by atoms with Crippen LogP contribution in [0.3, 0.4) is 0 Å². The summed E-state index contributed by atoms with van der Waals surface area (Å²) in [4.78, 5) is 34.5. The van der Waals surface area contributed by atoms with Gasteiger partial charge in [-0.25, -0.2) is 0 Å². The smallest absolute Gasteiger partial charge is 0.303 e. The van der Waals surface area contributed by atoms with Crippen molar-refractivity contribution in [2.45, 2.75) is 64.8 Å². The molecule has 156 valence electrons. The molecule has 0 radical (unpaired) electrons. The standard InChI is InChI=1S/C15H24O11S/c1-5-6-22-15-14(25-10(4)18)13(24-9(3)17)12(23-8(2)16)11(26-15)7-27(19,20)21/h11-15H,5-7H2,1-4H3,(H,19,20,21)/t11-,12+,13+,14+,15-/m0/s1. The van der Waals surface area contributed by atoms with E-state index in [1.807, 2.05) is 0 Å². The number of ether oxygens (including phenoxy) is 5. The lowest BCUT2D eigenvalue weighted by Gasteiger charge is -2.44. The van der Waals surface area contributed by atoms with Gasteiger partial charge in [0.05, 0.1) is 0 Å². The van der Waals surface area contributed by atoms with Crippen molar-refractivity contribution in [3.63, 3.8) is 0 Å². The molecule has 1 fully saturated rings. The fourth-order valence-corrected chi connectivity index (χ4v) is 3.25. The Bertz CT molecular complexity index is 644. The molecule has 1 aliphatic heterocycles. The van der Waals surface area contributed by atoms with Gasteiger partial charge in [0, 0.05) is 27.4 Å². The van der Waals surface area contributed by atoms with Crippen molar-refractivity contribution in [2.75, 3.05) is 12.4 Å². The Balaban J connectivity index is 3.33. The lowest BCUT2D eigenvalue weighted by molar-refractivity contribution is -0.300. The van der Waals surface area contributed by atoms with Gasteiger partial charge >= 0.3 is 17.9 Å². The summed E-state index contributed by atoms with van der Waals surface area (Å²) in [7, 11) is -4.55. The molecule has 0 bridgehead atoms. The zero-order chi connectivity index (χ0) is 20.8. The fraction of sp³-hybridized carbons (Fsp3) is 0.800. The first-order valence-corrected chi connectivity index (χ1v) is 9.79. The Morgan fingerprint density at radius 2 is 1.41 bits per heavy atom. The molecule has 5 atom stereocenters. The Morgan fingerprint density at radius 1 is 0.926 bits per heavy atom. The van der Waals surface area contributed by atoms with Crippen molar-refractivity contribution < 1.29 is 51.0 Å². The van der Waals surface area contributed by atoms with E-state index < -0.39 is 64.5 Å². The Labute approximate surface area is 157 Å². The number of esters is 3. The largest absolute Gasteiger partial charge is 0.456 e. The van der Waals surface area contributed by atoms with Crippen molar-refractivity contribution in [2.24, 2.45) is 0 Å². The normalized spacial score (nSPS) is 28.3. The maximum absolute atomic E-state index is 11.5. The molecule has 0 aliphatic carbocycles. The third kappa shape index (κ3) is 7.79. The van der Waals surface area contributed by atoms with Crippen molar-refractivity contribution in [3.8, 4) is 0 Å². The second-order valence-corrected chi connectivity index (χ2v) is 7.38. The van der Waals surface area contributed by atoms with Crippen LogP contribution < -0.4 is 0 Å². The van der Waals surface area contributed by atoms with Gasteiger partial charge in [-0.3, -0.25) is 18.9 Å². The molecule has 11 nitrogen and oxygen atoms in total. The Kier molecular flexibility index (Phi) is 8.59. The van der Waals surface area contributed by atoms with Gasteiger partial charge in [-0.2, -0.15) is 8.42 Å². The van der Waals surface area contributed by atoms with E-state index in [1.165, 1.54) is 0 Å². The second-order valence-electron chi connectivity index (χ2n) is 5.88. The molecular weight excluding hydrogens is 388 g/mol. The van der Waals surface area contributed by atoms with Crippen LogP contribution in [0, 0.1) is 0 Å².